The number of aliphatic hydroxyl groups excluding tert-OH is 6. The van der Waals surface area contributed by atoms with Gasteiger partial charge in [0.1, 0.15) is 36.6 Å². The van der Waals surface area contributed by atoms with Crippen LogP contribution in [-0.2, 0) is 23.7 Å². The summed E-state index contributed by atoms with van der Waals surface area (Å²) >= 11 is 0. The molecule has 10 atom stereocenters. The van der Waals surface area contributed by atoms with Crippen LogP contribution in [0.1, 0.15) is 6.92 Å². The third-order valence-electron chi connectivity index (χ3n) is 5.07. The van der Waals surface area contributed by atoms with Gasteiger partial charge in [0.05, 0.1) is 19.8 Å². The molecule has 0 aromatic carbocycles. The van der Waals surface area contributed by atoms with Gasteiger partial charge in [0, 0.05) is 0 Å². The van der Waals surface area contributed by atoms with Crippen LogP contribution in [0.2, 0.25) is 0 Å². The van der Waals surface area contributed by atoms with Crippen LogP contribution in [0.3, 0.4) is 0 Å². The van der Waals surface area contributed by atoms with E-state index in [-0.39, 0.29) is 6.61 Å². The predicted molar refractivity (Wildman–Crippen MR) is 86.1 cm³/mol. The lowest BCUT2D eigenvalue weighted by molar-refractivity contribution is -0.560. The second-order valence-electron chi connectivity index (χ2n) is 6.81. The molecule has 0 aromatic heterocycles. The van der Waals surface area contributed by atoms with Crippen LogP contribution in [0.4, 0.5) is 0 Å². The summed E-state index contributed by atoms with van der Waals surface area (Å²) < 4.78 is 27.0. The number of ether oxygens (including phenoxy) is 5. The van der Waals surface area contributed by atoms with E-state index in [1.807, 2.05) is 0 Å². The van der Waals surface area contributed by atoms with Crippen LogP contribution in [0.5, 0.6) is 0 Å². The zero-order chi connectivity index (χ0) is 20.7. The first kappa shape index (κ1) is 22.0. The van der Waals surface area contributed by atoms with Gasteiger partial charge in [-0.15, -0.1) is 0 Å². The molecule has 0 amide bonds. The van der Waals surface area contributed by atoms with Crippen molar-refractivity contribution in [1.82, 2.24) is 0 Å². The average molecular weight is 410 g/mol. The first-order valence-electron chi connectivity index (χ1n) is 8.83. The van der Waals surface area contributed by atoms with E-state index in [9.17, 15) is 35.7 Å². The Balaban J connectivity index is 1.85. The van der Waals surface area contributed by atoms with E-state index in [0.29, 0.717) is 0 Å². The number of allylic oxidation sites excluding steroid dienone is 1. The molecule has 0 spiro atoms. The molecule has 12 heteroatoms. The standard InChI is InChI=1S/C16H26O12/c1-2-3-4-24-14-16(15(23,28-14)12(22)8(6-18)26-16)27-13-11(21)10(20)9(19)7(5-17)25-13/h2-3,7-14,17-23H,4-6H2,1H3/t7-,8-,9-,10+,11-,12-,13-,14?,15-,16+/m1/s1. The van der Waals surface area contributed by atoms with Gasteiger partial charge >= 0.3 is 0 Å². The maximum Gasteiger partial charge on any atom is 0.282 e. The monoisotopic (exact) mass is 410 g/mol. The summed E-state index contributed by atoms with van der Waals surface area (Å²) in [5.74, 6) is -4.67. The Hall–Kier alpha value is -0.740. The predicted octanol–water partition coefficient (Wildman–Crippen LogP) is -4.11. The summed E-state index contributed by atoms with van der Waals surface area (Å²) in [6.07, 6.45) is -9.18. The quantitative estimate of drug-likeness (QED) is 0.201. The van der Waals surface area contributed by atoms with Gasteiger partial charge in [-0.3, -0.25) is 0 Å². The summed E-state index contributed by atoms with van der Waals surface area (Å²) in [5.41, 5.74) is 0. The van der Waals surface area contributed by atoms with E-state index in [2.05, 4.69) is 0 Å². The summed E-state index contributed by atoms with van der Waals surface area (Å²) in [6, 6.07) is 0. The fourth-order valence-corrected chi connectivity index (χ4v) is 3.42. The lowest BCUT2D eigenvalue weighted by Crippen LogP contribution is -2.79. The Morgan fingerprint density at radius 1 is 0.964 bits per heavy atom. The Bertz CT molecular complexity index is 572. The summed E-state index contributed by atoms with van der Waals surface area (Å²) in [7, 11) is 0. The SMILES string of the molecule is CC=CCOC1O[C@]2(O)[C@H](O)[C@@H](CO)O[C@]12O[C@H]1O[C@H](CO)[C@@H](O)[C@H](O)[C@H]1O. The van der Waals surface area contributed by atoms with E-state index in [1.165, 1.54) is 0 Å². The largest absolute Gasteiger partial charge is 0.394 e. The first-order chi connectivity index (χ1) is 13.3. The summed E-state index contributed by atoms with van der Waals surface area (Å²) in [4.78, 5) is 0. The van der Waals surface area contributed by atoms with Crippen molar-refractivity contribution in [2.45, 2.75) is 67.7 Å². The number of hydrogen-bond acceptors (Lipinski definition) is 12. The Kier molecular flexibility index (Phi) is 6.41. The zero-order valence-corrected chi connectivity index (χ0v) is 15.1. The van der Waals surface area contributed by atoms with Gasteiger partial charge in [0.2, 0.25) is 6.29 Å². The van der Waals surface area contributed by atoms with Crippen molar-refractivity contribution < 1.29 is 59.4 Å². The topological polar surface area (TPSA) is 188 Å². The Labute approximate surface area is 160 Å². The molecule has 3 rings (SSSR count). The molecule has 7 N–H and O–H groups in total. The molecule has 0 radical (unpaired) electrons. The van der Waals surface area contributed by atoms with Gasteiger partial charge in [-0.05, 0) is 6.92 Å². The van der Waals surface area contributed by atoms with E-state index < -0.39 is 74.0 Å². The van der Waals surface area contributed by atoms with E-state index in [4.69, 9.17) is 23.7 Å². The highest BCUT2D eigenvalue weighted by Crippen LogP contribution is 2.55. The molecule has 3 aliphatic rings. The van der Waals surface area contributed by atoms with Crippen LogP contribution >= 0.6 is 0 Å². The van der Waals surface area contributed by atoms with Crippen molar-refractivity contribution in [2.75, 3.05) is 19.8 Å². The summed E-state index contributed by atoms with van der Waals surface area (Å²) in [5, 5.41) is 69.7. The Morgan fingerprint density at radius 2 is 1.64 bits per heavy atom. The molecule has 0 bridgehead atoms. The molecule has 3 saturated heterocycles. The maximum absolute atomic E-state index is 10.7. The average Bonchev–Trinajstić information content (AvgIpc) is 2.84. The minimum atomic E-state index is -2.46. The van der Waals surface area contributed by atoms with Gasteiger partial charge < -0.3 is 59.4 Å². The highest BCUT2D eigenvalue weighted by Gasteiger charge is 2.81. The molecule has 3 fully saturated rings. The molecule has 12 nitrogen and oxygen atoms in total. The van der Waals surface area contributed by atoms with Gasteiger partial charge in [-0.1, -0.05) is 12.2 Å². The van der Waals surface area contributed by atoms with Crippen LogP contribution in [-0.4, -0.2) is 116 Å². The minimum Gasteiger partial charge on any atom is -0.394 e. The van der Waals surface area contributed by atoms with Crippen molar-refractivity contribution in [3.8, 4) is 0 Å². The number of hydrogen-bond donors (Lipinski definition) is 7. The van der Waals surface area contributed by atoms with Crippen LogP contribution < -0.4 is 0 Å². The molecule has 0 aromatic rings. The van der Waals surface area contributed by atoms with Crippen LogP contribution in [0.15, 0.2) is 12.2 Å². The van der Waals surface area contributed by atoms with Crippen molar-refractivity contribution in [1.29, 1.82) is 0 Å². The smallest absolute Gasteiger partial charge is 0.282 e. The van der Waals surface area contributed by atoms with E-state index in [0.717, 1.165) is 0 Å². The van der Waals surface area contributed by atoms with Gasteiger partial charge in [0.15, 0.2) is 6.29 Å². The molecule has 3 heterocycles. The lowest BCUT2D eigenvalue weighted by atomic mass is 9.93. The molecular weight excluding hydrogens is 384 g/mol. The number of rotatable bonds is 7. The third kappa shape index (κ3) is 3.19. The van der Waals surface area contributed by atoms with Crippen molar-refractivity contribution in [3.05, 3.63) is 12.2 Å². The highest BCUT2D eigenvalue weighted by molar-refractivity contribution is 5.13. The fraction of sp³-hybridized carbons (Fsp3) is 0.875. The van der Waals surface area contributed by atoms with Gasteiger partial charge in [-0.2, -0.15) is 0 Å². The van der Waals surface area contributed by atoms with Crippen LogP contribution in [0.25, 0.3) is 0 Å². The lowest BCUT2D eigenvalue weighted by Gasteiger charge is -2.55. The van der Waals surface area contributed by atoms with E-state index in [1.54, 1.807) is 19.1 Å². The molecule has 0 aliphatic carbocycles. The second-order valence-corrected chi connectivity index (χ2v) is 6.81. The van der Waals surface area contributed by atoms with Crippen molar-refractivity contribution >= 4 is 0 Å². The second kappa shape index (κ2) is 8.18. The molecule has 0 saturated carbocycles. The normalized spacial score (nSPS) is 51.3. The number of aliphatic hydroxyl groups is 7. The summed E-state index contributed by atoms with van der Waals surface area (Å²) in [6.45, 7) is 0.399. The first-order valence-corrected chi connectivity index (χ1v) is 8.83. The molecule has 162 valence electrons. The zero-order valence-electron chi connectivity index (χ0n) is 15.1. The molecule has 1 unspecified atom stereocenters. The van der Waals surface area contributed by atoms with Crippen LogP contribution in [0, 0.1) is 0 Å². The fourth-order valence-electron chi connectivity index (χ4n) is 3.42. The van der Waals surface area contributed by atoms with E-state index >= 15 is 0 Å². The molecule has 28 heavy (non-hydrogen) atoms. The molecular formula is C16H26O12. The number of fused-ring (bicyclic) bond motifs is 1. The van der Waals surface area contributed by atoms with Crippen molar-refractivity contribution in [2.24, 2.45) is 0 Å². The third-order valence-corrected chi connectivity index (χ3v) is 5.07. The molecule has 3 aliphatic heterocycles. The Morgan fingerprint density at radius 3 is 2.25 bits per heavy atom. The van der Waals surface area contributed by atoms with Crippen molar-refractivity contribution in [3.63, 3.8) is 0 Å². The minimum absolute atomic E-state index is 0.0281. The van der Waals surface area contributed by atoms with Gasteiger partial charge in [-0.25, -0.2) is 0 Å². The maximum atomic E-state index is 10.7. The van der Waals surface area contributed by atoms with Gasteiger partial charge in [0.25, 0.3) is 11.6 Å². The highest BCUT2D eigenvalue weighted by atomic mass is 16.9.